The lowest BCUT2D eigenvalue weighted by Gasteiger charge is -2.26. The number of hydrogen-bond donors (Lipinski definition) is 2. The molecule has 170 valence electrons. The van der Waals surface area contributed by atoms with Gasteiger partial charge in [0.05, 0.1) is 17.7 Å². The summed E-state index contributed by atoms with van der Waals surface area (Å²) < 4.78 is 38.5. The van der Waals surface area contributed by atoms with Crippen LogP contribution in [0.3, 0.4) is 0 Å². The van der Waals surface area contributed by atoms with Crippen LogP contribution in [0.2, 0.25) is 0 Å². The maximum absolute atomic E-state index is 13.3. The number of benzene rings is 2. The topological polar surface area (TPSA) is 114 Å². The van der Waals surface area contributed by atoms with Crippen molar-refractivity contribution >= 4 is 27.5 Å². The monoisotopic (exact) mass is 459 g/mol. The number of methoxy groups -OCH3 is 1. The zero-order chi connectivity index (χ0) is 22.9. The van der Waals surface area contributed by atoms with Gasteiger partial charge in [0, 0.05) is 13.1 Å². The Morgan fingerprint density at radius 2 is 2.00 bits per heavy atom. The molecule has 10 heteroatoms. The van der Waals surface area contributed by atoms with Gasteiger partial charge >= 0.3 is 0 Å². The maximum Gasteiger partial charge on any atom is 0.265 e. The minimum atomic E-state index is -3.94. The Balaban J connectivity index is 1.48. The smallest absolute Gasteiger partial charge is 0.265 e. The molecule has 2 aromatic carbocycles. The molecule has 0 bridgehead atoms. The van der Waals surface area contributed by atoms with E-state index in [0.717, 1.165) is 5.56 Å². The number of rotatable bonds is 6. The predicted octanol–water partition coefficient (Wildman–Crippen LogP) is 1.88. The van der Waals surface area contributed by atoms with Crippen LogP contribution in [0.5, 0.6) is 11.5 Å². The van der Waals surface area contributed by atoms with Gasteiger partial charge in [-0.05, 0) is 55.7 Å². The number of carbonyl (C=O) groups is 2. The van der Waals surface area contributed by atoms with Crippen LogP contribution < -0.4 is 20.1 Å². The third kappa shape index (κ3) is 4.28. The van der Waals surface area contributed by atoms with Gasteiger partial charge in [-0.1, -0.05) is 12.1 Å². The molecule has 4 rings (SSSR count). The summed E-state index contributed by atoms with van der Waals surface area (Å²) in [6.45, 7) is 2.15. The number of anilines is 1. The molecule has 0 saturated carbocycles. The SMILES string of the molecule is COc1ccc(CNC(=O)[C@H]2CCCN2S(=O)(=O)c2ccc3c(c2)NC(=O)[C@@H](C)O3)cc1. The summed E-state index contributed by atoms with van der Waals surface area (Å²) in [5.74, 6) is 0.440. The minimum Gasteiger partial charge on any atom is -0.497 e. The number of nitrogens with zero attached hydrogens (tertiary/aromatic N) is 1. The second-order valence-corrected chi connectivity index (χ2v) is 9.64. The average molecular weight is 460 g/mol. The van der Waals surface area contributed by atoms with E-state index in [1.54, 1.807) is 26.2 Å². The third-order valence-corrected chi connectivity index (χ3v) is 7.52. The first-order chi connectivity index (χ1) is 15.3. The average Bonchev–Trinajstić information content (AvgIpc) is 3.29. The first kappa shape index (κ1) is 22.1. The van der Waals surface area contributed by atoms with E-state index in [9.17, 15) is 18.0 Å². The molecule has 2 aliphatic rings. The van der Waals surface area contributed by atoms with E-state index in [-0.39, 0.29) is 29.8 Å². The molecule has 2 aliphatic heterocycles. The van der Waals surface area contributed by atoms with E-state index < -0.39 is 22.2 Å². The number of fused-ring (bicyclic) bond motifs is 1. The summed E-state index contributed by atoms with van der Waals surface area (Å²) >= 11 is 0. The van der Waals surface area contributed by atoms with Crippen molar-refractivity contribution < 1.29 is 27.5 Å². The molecule has 0 radical (unpaired) electrons. The lowest BCUT2D eigenvalue weighted by molar-refractivity contribution is -0.124. The van der Waals surface area contributed by atoms with E-state index in [1.807, 2.05) is 12.1 Å². The molecule has 2 N–H and O–H groups in total. The van der Waals surface area contributed by atoms with Gasteiger partial charge in [0.1, 0.15) is 17.5 Å². The summed E-state index contributed by atoms with van der Waals surface area (Å²) in [5, 5.41) is 5.49. The van der Waals surface area contributed by atoms with Gasteiger partial charge < -0.3 is 20.1 Å². The Hall–Kier alpha value is -3.11. The van der Waals surface area contributed by atoms with Gasteiger partial charge in [-0.25, -0.2) is 8.42 Å². The molecule has 1 saturated heterocycles. The van der Waals surface area contributed by atoms with Crippen LogP contribution >= 0.6 is 0 Å². The molecule has 1 fully saturated rings. The fourth-order valence-electron chi connectivity index (χ4n) is 3.82. The molecule has 0 aromatic heterocycles. The molecular weight excluding hydrogens is 434 g/mol. The van der Waals surface area contributed by atoms with Gasteiger partial charge in [-0.2, -0.15) is 4.31 Å². The predicted molar refractivity (Wildman–Crippen MR) is 117 cm³/mol. The van der Waals surface area contributed by atoms with Gasteiger partial charge in [0.15, 0.2) is 6.10 Å². The fourth-order valence-corrected chi connectivity index (χ4v) is 5.51. The van der Waals surface area contributed by atoms with E-state index >= 15 is 0 Å². The zero-order valence-electron chi connectivity index (χ0n) is 17.8. The molecule has 2 aromatic rings. The van der Waals surface area contributed by atoms with E-state index in [1.165, 1.54) is 22.5 Å². The van der Waals surface area contributed by atoms with Gasteiger partial charge in [0.2, 0.25) is 15.9 Å². The standard InChI is InChI=1S/C22H25N3O6S/c1-14-21(26)24-18-12-17(9-10-20(18)31-14)32(28,29)25-11-3-4-19(25)22(27)23-13-15-5-7-16(30-2)8-6-15/h5-10,12,14,19H,3-4,11,13H2,1-2H3,(H,23,27)(H,24,26)/t14-,19-/m1/s1. The Labute approximate surface area is 186 Å². The molecule has 9 nitrogen and oxygen atoms in total. The quantitative estimate of drug-likeness (QED) is 0.682. The highest BCUT2D eigenvalue weighted by Gasteiger charge is 2.40. The van der Waals surface area contributed by atoms with Crippen molar-refractivity contribution in [3.8, 4) is 11.5 Å². The second kappa shape index (κ2) is 8.79. The van der Waals surface area contributed by atoms with E-state index in [0.29, 0.717) is 30.0 Å². The van der Waals surface area contributed by atoms with Crippen LogP contribution in [0.4, 0.5) is 5.69 Å². The fraction of sp³-hybridized carbons (Fsp3) is 0.364. The van der Waals surface area contributed by atoms with E-state index in [2.05, 4.69) is 10.6 Å². The van der Waals surface area contributed by atoms with Crippen molar-refractivity contribution in [2.24, 2.45) is 0 Å². The highest BCUT2D eigenvalue weighted by Crippen LogP contribution is 2.34. The van der Waals surface area contributed by atoms with Crippen molar-refractivity contribution in [1.82, 2.24) is 9.62 Å². The van der Waals surface area contributed by atoms with Crippen molar-refractivity contribution in [3.63, 3.8) is 0 Å². The number of amides is 2. The summed E-state index contributed by atoms with van der Waals surface area (Å²) in [4.78, 5) is 24.7. The van der Waals surface area contributed by atoms with E-state index in [4.69, 9.17) is 9.47 Å². The molecule has 2 amide bonds. The Kier molecular flexibility index (Phi) is 6.07. The lowest BCUT2D eigenvalue weighted by Crippen LogP contribution is -2.45. The third-order valence-electron chi connectivity index (χ3n) is 5.62. The van der Waals surface area contributed by atoms with Gasteiger partial charge in [-0.3, -0.25) is 9.59 Å². The second-order valence-electron chi connectivity index (χ2n) is 7.75. The number of ether oxygens (including phenoxy) is 2. The van der Waals surface area contributed by atoms with Crippen LogP contribution in [-0.2, 0) is 26.2 Å². The molecular formula is C22H25N3O6S. The van der Waals surface area contributed by atoms with Crippen molar-refractivity contribution in [2.75, 3.05) is 19.0 Å². The molecule has 2 atom stereocenters. The first-order valence-electron chi connectivity index (χ1n) is 10.3. The molecule has 0 spiro atoms. The molecule has 32 heavy (non-hydrogen) atoms. The van der Waals surface area contributed by atoms with Crippen molar-refractivity contribution in [2.45, 2.75) is 43.4 Å². The summed E-state index contributed by atoms with van der Waals surface area (Å²) in [6, 6.07) is 10.8. The van der Waals surface area contributed by atoms with Crippen LogP contribution in [0.15, 0.2) is 47.4 Å². The van der Waals surface area contributed by atoms with Crippen LogP contribution in [-0.4, -0.2) is 50.3 Å². The largest absolute Gasteiger partial charge is 0.497 e. The number of sulfonamides is 1. The minimum absolute atomic E-state index is 0.00422. The van der Waals surface area contributed by atoms with Crippen LogP contribution in [0.25, 0.3) is 0 Å². The summed E-state index contributed by atoms with van der Waals surface area (Å²) in [7, 11) is -2.36. The van der Waals surface area contributed by atoms with Crippen molar-refractivity contribution in [3.05, 3.63) is 48.0 Å². The zero-order valence-corrected chi connectivity index (χ0v) is 18.6. The number of nitrogens with one attached hydrogen (secondary N) is 2. The highest BCUT2D eigenvalue weighted by atomic mass is 32.2. The van der Waals surface area contributed by atoms with Crippen LogP contribution in [0.1, 0.15) is 25.3 Å². The number of carbonyl (C=O) groups excluding carboxylic acids is 2. The Bertz CT molecular complexity index is 1130. The normalized spacial score (nSPS) is 20.8. The summed E-state index contributed by atoms with van der Waals surface area (Å²) in [6.07, 6.45) is 0.375. The van der Waals surface area contributed by atoms with Gasteiger partial charge in [-0.15, -0.1) is 0 Å². The van der Waals surface area contributed by atoms with Crippen molar-refractivity contribution in [1.29, 1.82) is 0 Å². The van der Waals surface area contributed by atoms with Crippen LogP contribution in [0, 0.1) is 0 Å². The number of hydrogen-bond acceptors (Lipinski definition) is 6. The Morgan fingerprint density at radius 1 is 1.25 bits per heavy atom. The molecule has 2 heterocycles. The highest BCUT2D eigenvalue weighted by molar-refractivity contribution is 7.89. The molecule has 0 unspecified atom stereocenters. The lowest BCUT2D eigenvalue weighted by atomic mass is 10.2. The first-order valence-corrected chi connectivity index (χ1v) is 11.8. The summed E-state index contributed by atoms with van der Waals surface area (Å²) in [5.41, 5.74) is 1.18. The Morgan fingerprint density at radius 3 is 2.72 bits per heavy atom. The maximum atomic E-state index is 13.3. The van der Waals surface area contributed by atoms with Gasteiger partial charge in [0.25, 0.3) is 5.91 Å². The molecule has 0 aliphatic carbocycles.